The number of rotatable bonds is 1. The summed E-state index contributed by atoms with van der Waals surface area (Å²) in [5.74, 6) is 4.71. The van der Waals surface area contributed by atoms with Crippen molar-refractivity contribution in [2.45, 2.75) is 26.4 Å². The molecule has 0 bridgehead atoms. The van der Waals surface area contributed by atoms with Gasteiger partial charge in [0.1, 0.15) is 17.9 Å². The third kappa shape index (κ3) is 4.66. The molecule has 0 atom stereocenters. The Bertz CT molecular complexity index is 446. The molecule has 0 aliphatic rings. The van der Waals surface area contributed by atoms with Crippen molar-refractivity contribution in [1.82, 2.24) is 4.98 Å². The van der Waals surface area contributed by atoms with Gasteiger partial charge in [0, 0.05) is 6.20 Å². The molecule has 17 heavy (non-hydrogen) atoms. The molecule has 1 heterocycles. The van der Waals surface area contributed by atoms with Crippen LogP contribution < -0.4 is 0 Å². The third-order valence-corrected chi connectivity index (χ3v) is 1.69. The molecule has 4 nitrogen and oxygen atoms in total. The van der Waals surface area contributed by atoms with Crippen molar-refractivity contribution >= 4 is 5.97 Å². The van der Waals surface area contributed by atoms with Gasteiger partial charge in [-0.1, -0.05) is 5.92 Å². The van der Waals surface area contributed by atoms with Crippen LogP contribution in [0.3, 0.4) is 0 Å². The summed E-state index contributed by atoms with van der Waals surface area (Å²) in [7, 11) is 0. The molecule has 0 unspecified atom stereocenters. The number of esters is 1. The quantitative estimate of drug-likeness (QED) is 0.588. The molecular formula is C13H15NO3. The van der Waals surface area contributed by atoms with E-state index in [4.69, 9.17) is 9.84 Å². The van der Waals surface area contributed by atoms with E-state index in [-0.39, 0.29) is 6.61 Å². The van der Waals surface area contributed by atoms with E-state index in [1.165, 1.54) is 6.20 Å². The third-order valence-electron chi connectivity index (χ3n) is 1.69. The van der Waals surface area contributed by atoms with Gasteiger partial charge in [-0.15, -0.1) is 0 Å². The van der Waals surface area contributed by atoms with Gasteiger partial charge >= 0.3 is 5.97 Å². The Hall–Kier alpha value is -1.86. The SMILES string of the molecule is CC(C)(C)OC(=O)c1ccc(C#CCO)nc1. The molecule has 0 spiro atoms. The van der Waals surface area contributed by atoms with Crippen LogP contribution in [0, 0.1) is 11.8 Å². The summed E-state index contributed by atoms with van der Waals surface area (Å²) in [5, 5.41) is 8.52. The van der Waals surface area contributed by atoms with E-state index in [0.717, 1.165) is 0 Å². The average molecular weight is 233 g/mol. The maximum atomic E-state index is 11.6. The highest BCUT2D eigenvalue weighted by Crippen LogP contribution is 2.11. The first kappa shape index (κ1) is 13.2. The number of hydrogen-bond acceptors (Lipinski definition) is 4. The van der Waals surface area contributed by atoms with Gasteiger partial charge in [0.15, 0.2) is 0 Å². The normalized spacial score (nSPS) is 10.4. The molecule has 0 saturated heterocycles. The zero-order valence-electron chi connectivity index (χ0n) is 10.2. The number of aliphatic hydroxyl groups is 1. The number of pyridine rings is 1. The molecule has 1 aromatic heterocycles. The molecule has 0 amide bonds. The molecule has 0 radical (unpaired) electrons. The van der Waals surface area contributed by atoms with Crippen LogP contribution in [0.25, 0.3) is 0 Å². The smallest absolute Gasteiger partial charge is 0.340 e. The van der Waals surface area contributed by atoms with Crippen LogP contribution in [0.5, 0.6) is 0 Å². The van der Waals surface area contributed by atoms with Crippen molar-refractivity contribution in [1.29, 1.82) is 0 Å². The van der Waals surface area contributed by atoms with Crippen LogP contribution in [0.1, 0.15) is 36.8 Å². The van der Waals surface area contributed by atoms with Crippen molar-refractivity contribution in [3.05, 3.63) is 29.6 Å². The molecule has 0 aromatic carbocycles. The van der Waals surface area contributed by atoms with Gasteiger partial charge in [0.05, 0.1) is 5.56 Å². The highest BCUT2D eigenvalue weighted by molar-refractivity contribution is 5.89. The fourth-order valence-electron chi connectivity index (χ4n) is 1.06. The van der Waals surface area contributed by atoms with Gasteiger partial charge in [-0.25, -0.2) is 9.78 Å². The first-order valence-corrected chi connectivity index (χ1v) is 5.21. The topological polar surface area (TPSA) is 59.4 Å². The van der Waals surface area contributed by atoms with Crippen LogP contribution in [0.15, 0.2) is 18.3 Å². The fourth-order valence-corrected chi connectivity index (χ4v) is 1.06. The van der Waals surface area contributed by atoms with Crippen LogP contribution in [0.4, 0.5) is 0 Å². The van der Waals surface area contributed by atoms with E-state index < -0.39 is 11.6 Å². The fraction of sp³-hybridized carbons (Fsp3) is 0.385. The van der Waals surface area contributed by atoms with Crippen molar-refractivity contribution in [2.24, 2.45) is 0 Å². The van der Waals surface area contributed by atoms with Gasteiger partial charge in [-0.2, -0.15) is 0 Å². The van der Waals surface area contributed by atoms with Gasteiger partial charge in [-0.05, 0) is 38.8 Å². The standard InChI is InChI=1S/C13H15NO3/c1-13(2,3)17-12(16)10-6-7-11(14-9-10)5-4-8-15/h6-7,9,15H,8H2,1-3H3. The van der Waals surface area contributed by atoms with Gasteiger partial charge in [0.25, 0.3) is 0 Å². The lowest BCUT2D eigenvalue weighted by atomic mass is 10.2. The summed E-state index contributed by atoms with van der Waals surface area (Å²) in [5.41, 5.74) is 0.368. The predicted molar refractivity (Wildman–Crippen MR) is 63.4 cm³/mol. The summed E-state index contributed by atoms with van der Waals surface area (Å²) >= 11 is 0. The Balaban J connectivity index is 2.77. The second-order valence-corrected chi connectivity index (χ2v) is 4.39. The molecular weight excluding hydrogens is 218 g/mol. The minimum atomic E-state index is -0.521. The minimum absolute atomic E-state index is 0.213. The summed E-state index contributed by atoms with van der Waals surface area (Å²) in [6.45, 7) is 5.20. The van der Waals surface area contributed by atoms with Crippen LogP contribution >= 0.6 is 0 Å². The molecule has 90 valence electrons. The minimum Gasteiger partial charge on any atom is -0.456 e. The second-order valence-electron chi connectivity index (χ2n) is 4.39. The number of carbonyl (C=O) groups excluding carboxylic acids is 1. The summed E-state index contributed by atoms with van der Waals surface area (Å²) in [4.78, 5) is 15.6. The van der Waals surface area contributed by atoms with Gasteiger partial charge in [0.2, 0.25) is 0 Å². The largest absolute Gasteiger partial charge is 0.456 e. The molecule has 1 rings (SSSR count). The number of aromatic nitrogens is 1. The molecule has 0 aliphatic heterocycles. The highest BCUT2D eigenvalue weighted by atomic mass is 16.6. The molecule has 0 fully saturated rings. The van der Waals surface area contributed by atoms with Crippen molar-refractivity contribution < 1.29 is 14.6 Å². The Morgan fingerprint density at radius 2 is 2.18 bits per heavy atom. The first-order chi connectivity index (χ1) is 7.92. The number of hydrogen-bond donors (Lipinski definition) is 1. The van der Waals surface area contributed by atoms with Crippen molar-refractivity contribution in [3.8, 4) is 11.8 Å². The maximum Gasteiger partial charge on any atom is 0.340 e. The van der Waals surface area contributed by atoms with Crippen molar-refractivity contribution in [2.75, 3.05) is 6.61 Å². The molecule has 4 heteroatoms. The Labute approximate surface area is 101 Å². The summed E-state index contributed by atoms with van der Waals surface area (Å²) in [6.07, 6.45) is 1.41. The van der Waals surface area contributed by atoms with E-state index in [1.54, 1.807) is 32.9 Å². The van der Waals surface area contributed by atoms with E-state index in [2.05, 4.69) is 16.8 Å². The number of aliphatic hydroxyl groups excluding tert-OH is 1. The van der Waals surface area contributed by atoms with E-state index in [1.807, 2.05) is 0 Å². The number of nitrogens with zero attached hydrogens (tertiary/aromatic N) is 1. The monoisotopic (exact) mass is 233 g/mol. The second kappa shape index (κ2) is 5.46. The van der Waals surface area contributed by atoms with Crippen LogP contribution in [0.2, 0.25) is 0 Å². The molecule has 1 aromatic rings. The lowest BCUT2D eigenvalue weighted by Crippen LogP contribution is -2.23. The lowest BCUT2D eigenvalue weighted by Gasteiger charge is -2.19. The summed E-state index contributed by atoms with van der Waals surface area (Å²) in [6, 6.07) is 3.21. The lowest BCUT2D eigenvalue weighted by molar-refractivity contribution is 0.00691. The van der Waals surface area contributed by atoms with Crippen LogP contribution in [-0.2, 0) is 4.74 Å². The Morgan fingerprint density at radius 1 is 1.47 bits per heavy atom. The predicted octanol–water partition coefficient (Wildman–Crippen LogP) is 1.38. The van der Waals surface area contributed by atoms with Crippen LogP contribution in [-0.4, -0.2) is 28.3 Å². The highest BCUT2D eigenvalue weighted by Gasteiger charge is 2.17. The van der Waals surface area contributed by atoms with Gasteiger partial charge in [-0.3, -0.25) is 0 Å². The van der Waals surface area contributed by atoms with E-state index >= 15 is 0 Å². The first-order valence-electron chi connectivity index (χ1n) is 5.21. The molecule has 0 saturated carbocycles. The average Bonchev–Trinajstić information content (AvgIpc) is 2.24. The van der Waals surface area contributed by atoms with Gasteiger partial charge < -0.3 is 9.84 Å². The van der Waals surface area contributed by atoms with E-state index in [9.17, 15) is 4.79 Å². The van der Waals surface area contributed by atoms with Crippen molar-refractivity contribution in [3.63, 3.8) is 0 Å². The summed E-state index contributed by atoms with van der Waals surface area (Å²) < 4.78 is 5.19. The zero-order chi connectivity index (χ0) is 12.9. The Kier molecular flexibility index (Phi) is 4.24. The van der Waals surface area contributed by atoms with E-state index in [0.29, 0.717) is 11.3 Å². The zero-order valence-corrected chi connectivity index (χ0v) is 10.2. The Morgan fingerprint density at radius 3 is 2.65 bits per heavy atom. The molecule has 1 N–H and O–H groups in total. The maximum absolute atomic E-state index is 11.6. The number of ether oxygens (including phenoxy) is 1. The number of carbonyl (C=O) groups is 1. The molecule has 0 aliphatic carbocycles.